The van der Waals surface area contributed by atoms with E-state index in [1.807, 2.05) is 38.1 Å². The highest BCUT2D eigenvalue weighted by Crippen LogP contribution is 2.19. The minimum atomic E-state index is -0.601. The topological polar surface area (TPSA) is 84.1 Å². The van der Waals surface area contributed by atoms with E-state index in [1.54, 1.807) is 0 Å². The largest absolute Gasteiger partial charge is 0.453 e. The second-order valence-electron chi connectivity index (χ2n) is 4.95. The fraction of sp³-hybridized carbons (Fsp3) is 0.357. The van der Waals surface area contributed by atoms with E-state index in [2.05, 4.69) is 20.0 Å². The summed E-state index contributed by atoms with van der Waals surface area (Å²) in [4.78, 5) is 31.2. The molecule has 1 aromatic heterocycles. The number of aromatic nitrogens is 2. The number of hydrogen-bond acceptors (Lipinski definition) is 4. The number of fused-ring (bicyclic) bond motifs is 1. The first-order chi connectivity index (χ1) is 10.0. The van der Waals surface area contributed by atoms with Crippen LogP contribution in [-0.2, 0) is 9.53 Å². The predicted octanol–water partition coefficient (Wildman–Crippen LogP) is 1.77. The zero-order valence-corrected chi connectivity index (χ0v) is 13.1. The molecule has 0 saturated heterocycles. The Labute approximate surface area is 124 Å². The Morgan fingerprint density at radius 3 is 2.67 bits per heavy atom. The highest BCUT2D eigenvalue weighted by molar-refractivity contribution is 7.65. The summed E-state index contributed by atoms with van der Waals surface area (Å²) in [6, 6.07) is 7.02. The van der Waals surface area contributed by atoms with Crippen molar-refractivity contribution >= 4 is 36.8 Å². The lowest BCUT2D eigenvalue weighted by molar-refractivity contribution is -0.113. The number of hydrogen-bond donors (Lipinski definition) is 2. The molecule has 21 heavy (non-hydrogen) atoms. The number of ether oxygens (including phenoxy) is 1. The van der Waals surface area contributed by atoms with Crippen molar-refractivity contribution in [1.82, 2.24) is 15.3 Å². The summed E-state index contributed by atoms with van der Waals surface area (Å²) in [5, 5.41) is 2.57. The number of benzene rings is 1. The fourth-order valence-corrected chi connectivity index (χ4v) is 3.10. The maximum Gasteiger partial charge on any atom is 0.407 e. The van der Waals surface area contributed by atoms with Crippen molar-refractivity contribution in [2.45, 2.75) is 19.9 Å². The molecule has 0 radical (unpaired) electrons. The number of H-pyrrole nitrogens is 1. The van der Waals surface area contributed by atoms with Crippen molar-refractivity contribution in [3.8, 4) is 0 Å². The fourth-order valence-electron chi connectivity index (χ4n) is 1.93. The average Bonchev–Trinajstić information content (AvgIpc) is 2.85. The van der Waals surface area contributed by atoms with Gasteiger partial charge < -0.3 is 15.0 Å². The first-order valence-corrected chi connectivity index (χ1v) is 7.61. The Hall–Kier alpha value is -1.94. The van der Waals surface area contributed by atoms with Gasteiger partial charge in [-0.2, -0.15) is 0 Å². The van der Waals surface area contributed by atoms with Gasteiger partial charge in [0, 0.05) is 8.58 Å². The van der Waals surface area contributed by atoms with E-state index in [0.29, 0.717) is 5.57 Å². The van der Waals surface area contributed by atoms with Gasteiger partial charge in [0.1, 0.15) is 5.57 Å². The van der Waals surface area contributed by atoms with E-state index in [9.17, 15) is 9.59 Å². The summed E-state index contributed by atoms with van der Waals surface area (Å²) in [5.41, 5.74) is 2.28. The molecule has 0 aliphatic heterocycles. The van der Waals surface area contributed by atoms with Crippen LogP contribution in [0.15, 0.2) is 24.3 Å². The molecule has 2 rings (SSSR count). The molecule has 0 bridgehead atoms. The van der Waals surface area contributed by atoms with Crippen LogP contribution >= 0.6 is 8.58 Å². The molecule has 1 heterocycles. The van der Waals surface area contributed by atoms with Crippen LogP contribution in [0.5, 0.6) is 0 Å². The summed E-state index contributed by atoms with van der Waals surface area (Å²) < 4.78 is 4.56. The maximum absolute atomic E-state index is 12.4. The number of amides is 1. The average molecular weight is 307 g/mol. The van der Waals surface area contributed by atoms with Crippen LogP contribution in [0.25, 0.3) is 11.0 Å². The Morgan fingerprint density at radius 2 is 2.05 bits per heavy atom. The van der Waals surface area contributed by atoms with Gasteiger partial charge in [0.15, 0.2) is 5.52 Å². The lowest BCUT2D eigenvalue weighted by atomic mass is 10.1. The molecule has 7 heteroatoms. The number of rotatable bonds is 5. The van der Waals surface area contributed by atoms with Gasteiger partial charge in [0.25, 0.3) is 0 Å². The van der Waals surface area contributed by atoms with Gasteiger partial charge in [-0.3, -0.25) is 4.79 Å². The SMILES string of the molecule is COC(=O)NC(C(=O)Pc1nc2ccccc2[nH]1)C(C)C. The summed E-state index contributed by atoms with van der Waals surface area (Å²) in [5.74, 6) is -0.0199. The molecule has 0 spiro atoms. The monoisotopic (exact) mass is 307 g/mol. The maximum atomic E-state index is 12.4. The normalized spacial score (nSPS) is 13.0. The predicted molar refractivity (Wildman–Crippen MR) is 83.2 cm³/mol. The van der Waals surface area contributed by atoms with Gasteiger partial charge in [-0.05, 0) is 18.1 Å². The zero-order valence-electron chi connectivity index (χ0n) is 12.1. The number of carbonyl (C=O) groups excluding carboxylic acids is 2. The highest BCUT2D eigenvalue weighted by atomic mass is 31.1. The molecule has 0 saturated carbocycles. The number of para-hydroxylation sites is 2. The highest BCUT2D eigenvalue weighted by Gasteiger charge is 2.25. The van der Waals surface area contributed by atoms with Gasteiger partial charge in [0.2, 0.25) is 0 Å². The van der Waals surface area contributed by atoms with Gasteiger partial charge in [-0.15, -0.1) is 0 Å². The van der Waals surface area contributed by atoms with Crippen LogP contribution in [0.3, 0.4) is 0 Å². The van der Waals surface area contributed by atoms with E-state index < -0.39 is 12.1 Å². The molecule has 0 fully saturated rings. The number of imidazole rings is 1. The minimum absolute atomic E-state index is 0.0199. The third-order valence-electron chi connectivity index (χ3n) is 3.04. The third-order valence-corrected chi connectivity index (χ3v) is 4.07. The molecule has 2 atom stereocenters. The number of nitrogens with one attached hydrogen (secondary N) is 2. The molecule has 0 aliphatic carbocycles. The Bertz CT molecular complexity index is 621. The van der Waals surface area contributed by atoms with Crippen molar-refractivity contribution in [2.75, 3.05) is 7.11 Å². The first-order valence-electron chi connectivity index (χ1n) is 6.61. The number of carbonyl (C=O) groups is 2. The summed E-state index contributed by atoms with van der Waals surface area (Å²) in [6.45, 7) is 3.75. The summed E-state index contributed by atoms with van der Waals surface area (Å²) >= 11 is 0. The van der Waals surface area contributed by atoms with E-state index in [-0.39, 0.29) is 20.0 Å². The Morgan fingerprint density at radius 1 is 1.33 bits per heavy atom. The number of methoxy groups -OCH3 is 1. The molecule has 2 unspecified atom stereocenters. The van der Waals surface area contributed by atoms with Crippen LogP contribution in [0.4, 0.5) is 4.79 Å². The summed E-state index contributed by atoms with van der Waals surface area (Å²) in [7, 11) is 1.14. The lowest BCUT2D eigenvalue weighted by Crippen LogP contribution is -2.43. The number of alkyl carbamates (subject to hydrolysis) is 1. The van der Waals surface area contributed by atoms with Gasteiger partial charge in [0.05, 0.1) is 24.2 Å². The van der Waals surface area contributed by atoms with Gasteiger partial charge in [-0.1, -0.05) is 26.0 Å². The van der Waals surface area contributed by atoms with E-state index in [0.717, 1.165) is 11.0 Å². The van der Waals surface area contributed by atoms with E-state index >= 15 is 0 Å². The van der Waals surface area contributed by atoms with Crippen LogP contribution in [0.2, 0.25) is 0 Å². The van der Waals surface area contributed by atoms with Crippen LogP contribution in [0, 0.1) is 5.92 Å². The standard InChI is InChI=1S/C14H18N3O3P/c1-8(2)11(17-14(19)20-3)12(18)21-13-15-9-6-4-5-7-10(9)16-13/h4-8,11,21H,1-3H3,(H,15,16)(H,17,19). The number of aromatic amines is 1. The van der Waals surface area contributed by atoms with E-state index in [1.165, 1.54) is 7.11 Å². The van der Waals surface area contributed by atoms with Crippen LogP contribution < -0.4 is 10.9 Å². The third kappa shape index (κ3) is 3.79. The molecule has 2 aromatic rings. The smallest absolute Gasteiger partial charge is 0.407 e. The van der Waals surface area contributed by atoms with E-state index in [4.69, 9.17) is 0 Å². The van der Waals surface area contributed by atoms with Crippen molar-refractivity contribution < 1.29 is 14.3 Å². The molecule has 1 amide bonds. The quantitative estimate of drug-likeness (QED) is 0.825. The molecule has 0 aliphatic rings. The van der Waals surface area contributed by atoms with Crippen LogP contribution in [-0.4, -0.2) is 34.7 Å². The second-order valence-corrected chi connectivity index (χ2v) is 6.17. The second kappa shape index (κ2) is 6.68. The molecule has 2 N–H and O–H groups in total. The minimum Gasteiger partial charge on any atom is -0.453 e. The first kappa shape index (κ1) is 15.4. The van der Waals surface area contributed by atoms with Crippen molar-refractivity contribution in [1.29, 1.82) is 0 Å². The molecular formula is C14H18N3O3P. The lowest BCUT2D eigenvalue weighted by Gasteiger charge is -2.19. The van der Waals surface area contributed by atoms with Crippen LogP contribution in [0.1, 0.15) is 13.8 Å². The van der Waals surface area contributed by atoms with Crippen molar-refractivity contribution in [3.63, 3.8) is 0 Å². The summed E-state index contributed by atoms with van der Waals surface area (Å²) in [6.07, 6.45) is -0.601. The Kier molecular flexibility index (Phi) is 4.91. The molecule has 1 aromatic carbocycles. The zero-order chi connectivity index (χ0) is 15.4. The van der Waals surface area contributed by atoms with Gasteiger partial charge in [-0.25, -0.2) is 9.78 Å². The van der Waals surface area contributed by atoms with Gasteiger partial charge >= 0.3 is 6.09 Å². The molecular weight excluding hydrogens is 289 g/mol. The molecule has 112 valence electrons. The molecule has 6 nitrogen and oxygen atoms in total. The van der Waals surface area contributed by atoms with Crippen molar-refractivity contribution in [3.05, 3.63) is 24.3 Å². The Balaban J connectivity index is 2.12. The van der Waals surface area contributed by atoms with Crippen molar-refractivity contribution in [2.24, 2.45) is 5.92 Å². The number of nitrogens with zero attached hydrogens (tertiary/aromatic N) is 1.